The van der Waals surface area contributed by atoms with E-state index in [1.165, 1.54) is 11.1 Å². The predicted octanol–water partition coefficient (Wildman–Crippen LogP) is 4.25. The summed E-state index contributed by atoms with van der Waals surface area (Å²) >= 11 is 0. The van der Waals surface area contributed by atoms with Gasteiger partial charge in [0.2, 0.25) is 0 Å². The molecular weight excluding hydrogens is 254 g/mol. The summed E-state index contributed by atoms with van der Waals surface area (Å²) in [5, 5.41) is 0. The maximum atomic E-state index is 4.13. The van der Waals surface area contributed by atoms with Crippen molar-refractivity contribution in [2.45, 2.75) is 30.8 Å². The molecule has 2 unspecified atom stereocenters. The average Bonchev–Trinajstić information content (AvgIpc) is 2.81. The predicted molar refractivity (Wildman–Crippen MR) is 89.5 cm³/mol. The first-order chi connectivity index (χ1) is 10.2. The zero-order valence-electron chi connectivity index (χ0n) is 12.9. The fourth-order valence-corrected chi connectivity index (χ4v) is 3.93. The lowest BCUT2D eigenvalue weighted by Gasteiger charge is -2.37. The van der Waals surface area contributed by atoms with Gasteiger partial charge in [-0.2, -0.15) is 0 Å². The van der Waals surface area contributed by atoms with Gasteiger partial charge in [-0.25, -0.2) is 0 Å². The van der Waals surface area contributed by atoms with Crippen molar-refractivity contribution >= 4 is 0 Å². The Morgan fingerprint density at radius 2 is 1.48 bits per heavy atom. The van der Waals surface area contributed by atoms with Crippen LogP contribution < -0.4 is 0 Å². The maximum Gasteiger partial charge on any atom is 0.0413 e. The molecule has 0 N–H and O–H groups in total. The number of rotatable bonds is 3. The summed E-state index contributed by atoms with van der Waals surface area (Å²) < 4.78 is 0. The zero-order chi connectivity index (χ0) is 14.9. The van der Waals surface area contributed by atoms with Crippen LogP contribution >= 0.6 is 0 Å². The third kappa shape index (κ3) is 2.13. The first-order valence-electron chi connectivity index (χ1n) is 7.65. The largest absolute Gasteiger partial charge is 0.296 e. The van der Waals surface area contributed by atoms with Crippen molar-refractivity contribution in [1.29, 1.82) is 0 Å². The number of nitrogens with zero attached hydrogens (tertiary/aromatic N) is 1. The molecule has 3 rings (SSSR count). The minimum Gasteiger partial charge on any atom is -0.296 e. The lowest BCUT2D eigenvalue weighted by molar-refractivity contribution is 0.270. The molecule has 0 spiro atoms. The molecule has 2 aromatic rings. The lowest BCUT2D eigenvalue weighted by Crippen LogP contribution is -2.41. The minimum atomic E-state index is -0.00155. The summed E-state index contributed by atoms with van der Waals surface area (Å²) in [5.74, 6) is 0. The van der Waals surface area contributed by atoms with E-state index in [0.29, 0.717) is 12.1 Å². The molecule has 108 valence electrons. The highest BCUT2D eigenvalue weighted by atomic mass is 15.2. The molecule has 0 amide bonds. The zero-order valence-corrected chi connectivity index (χ0v) is 12.9. The number of hydrogen-bond donors (Lipinski definition) is 0. The molecule has 1 saturated heterocycles. The normalized spacial score (nSPS) is 24.9. The van der Waals surface area contributed by atoms with Crippen LogP contribution in [0.25, 0.3) is 0 Å². The van der Waals surface area contributed by atoms with E-state index in [4.69, 9.17) is 0 Å². The first kappa shape index (κ1) is 14.1. The van der Waals surface area contributed by atoms with Gasteiger partial charge < -0.3 is 0 Å². The van der Waals surface area contributed by atoms with Crippen molar-refractivity contribution in [3.05, 3.63) is 84.4 Å². The number of likely N-dealkylation sites (tertiary alicyclic amines) is 1. The van der Waals surface area contributed by atoms with E-state index in [9.17, 15) is 0 Å². The Hall–Kier alpha value is -1.86. The van der Waals surface area contributed by atoms with Crippen LogP contribution in [-0.2, 0) is 5.41 Å². The molecule has 0 bridgehead atoms. The Labute approximate surface area is 127 Å². The highest BCUT2D eigenvalue weighted by Gasteiger charge is 2.49. The summed E-state index contributed by atoms with van der Waals surface area (Å²) in [4.78, 5) is 2.45. The van der Waals surface area contributed by atoms with E-state index in [0.717, 1.165) is 6.42 Å². The average molecular weight is 277 g/mol. The highest BCUT2D eigenvalue weighted by molar-refractivity contribution is 5.45. The molecule has 1 heteroatoms. The summed E-state index contributed by atoms with van der Waals surface area (Å²) in [7, 11) is 2.21. The van der Waals surface area contributed by atoms with Gasteiger partial charge in [0.1, 0.15) is 0 Å². The Kier molecular flexibility index (Phi) is 3.69. The van der Waals surface area contributed by atoms with Crippen LogP contribution in [-0.4, -0.2) is 24.0 Å². The molecule has 1 aliphatic rings. The van der Waals surface area contributed by atoms with Gasteiger partial charge in [0.25, 0.3) is 0 Å². The SMILES string of the molecule is C=CC1N(C)C(C)CC1(c1ccccc1)c1ccccc1. The van der Waals surface area contributed by atoms with Crippen LogP contribution in [0, 0.1) is 0 Å². The molecule has 0 aromatic heterocycles. The number of hydrogen-bond acceptors (Lipinski definition) is 1. The van der Waals surface area contributed by atoms with Gasteiger partial charge in [-0.15, -0.1) is 6.58 Å². The van der Waals surface area contributed by atoms with E-state index in [2.05, 4.69) is 92.2 Å². The smallest absolute Gasteiger partial charge is 0.0413 e. The Morgan fingerprint density at radius 3 is 1.90 bits per heavy atom. The number of benzene rings is 2. The third-order valence-corrected chi connectivity index (χ3v) is 5.06. The Balaban J connectivity index is 2.24. The lowest BCUT2D eigenvalue weighted by atomic mass is 9.68. The Bertz CT molecular complexity index is 563. The van der Waals surface area contributed by atoms with Crippen molar-refractivity contribution in [2.24, 2.45) is 0 Å². The third-order valence-electron chi connectivity index (χ3n) is 5.06. The quantitative estimate of drug-likeness (QED) is 0.758. The van der Waals surface area contributed by atoms with Crippen molar-refractivity contribution in [3.63, 3.8) is 0 Å². The van der Waals surface area contributed by atoms with Gasteiger partial charge in [-0.1, -0.05) is 66.7 Å². The minimum absolute atomic E-state index is 0.00155. The van der Waals surface area contributed by atoms with E-state index < -0.39 is 0 Å². The van der Waals surface area contributed by atoms with Crippen LogP contribution in [0.15, 0.2) is 73.3 Å². The summed E-state index contributed by atoms with van der Waals surface area (Å²) in [5.41, 5.74) is 2.77. The molecular formula is C20H23N. The van der Waals surface area contributed by atoms with Crippen LogP contribution in [0.5, 0.6) is 0 Å². The van der Waals surface area contributed by atoms with Crippen LogP contribution in [0.3, 0.4) is 0 Å². The second-order valence-corrected chi connectivity index (χ2v) is 6.10. The van der Waals surface area contributed by atoms with Gasteiger partial charge >= 0.3 is 0 Å². The fraction of sp³-hybridized carbons (Fsp3) is 0.300. The van der Waals surface area contributed by atoms with Crippen LogP contribution in [0.4, 0.5) is 0 Å². The van der Waals surface area contributed by atoms with E-state index in [-0.39, 0.29) is 5.41 Å². The molecule has 1 heterocycles. The molecule has 1 fully saturated rings. The molecule has 0 aliphatic carbocycles. The van der Waals surface area contributed by atoms with Crippen molar-refractivity contribution in [3.8, 4) is 0 Å². The monoisotopic (exact) mass is 277 g/mol. The standard InChI is InChI=1S/C20H23N/c1-4-19-20(15-16(2)21(19)3,17-11-7-5-8-12-17)18-13-9-6-10-14-18/h4-14,16,19H,1,15H2,2-3H3. The molecule has 1 nitrogen and oxygen atoms in total. The van der Waals surface area contributed by atoms with Crippen molar-refractivity contribution in [1.82, 2.24) is 4.90 Å². The van der Waals surface area contributed by atoms with Gasteiger partial charge in [-0.3, -0.25) is 4.90 Å². The van der Waals surface area contributed by atoms with Gasteiger partial charge in [0.15, 0.2) is 0 Å². The fourth-order valence-electron chi connectivity index (χ4n) is 3.93. The van der Waals surface area contributed by atoms with Crippen LogP contribution in [0.1, 0.15) is 24.5 Å². The molecule has 0 saturated carbocycles. The molecule has 2 atom stereocenters. The topological polar surface area (TPSA) is 3.24 Å². The summed E-state index contributed by atoms with van der Waals surface area (Å²) in [6, 6.07) is 22.6. The molecule has 0 radical (unpaired) electrons. The molecule has 21 heavy (non-hydrogen) atoms. The second-order valence-electron chi connectivity index (χ2n) is 6.10. The highest BCUT2D eigenvalue weighted by Crippen LogP contribution is 2.47. The summed E-state index contributed by atoms with van der Waals surface area (Å²) in [6.07, 6.45) is 3.23. The van der Waals surface area contributed by atoms with Crippen LogP contribution in [0.2, 0.25) is 0 Å². The van der Waals surface area contributed by atoms with Gasteiger partial charge in [-0.05, 0) is 31.5 Å². The van der Waals surface area contributed by atoms with E-state index in [1.807, 2.05) is 0 Å². The first-order valence-corrected chi connectivity index (χ1v) is 7.65. The number of likely N-dealkylation sites (N-methyl/N-ethyl adjacent to an activating group) is 1. The van der Waals surface area contributed by atoms with Crippen molar-refractivity contribution in [2.75, 3.05) is 7.05 Å². The van der Waals surface area contributed by atoms with Crippen molar-refractivity contribution < 1.29 is 0 Å². The maximum absolute atomic E-state index is 4.13. The molecule has 2 aromatic carbocycles. The van der Waals surface area contributed by atoms with E-state index >= 15 is 0 Å². The van der Waals surface area contributed by atoms with Gasteiger partial charge in [0.05, 0.1) is 0 Å². The summed E-state index contributed by atoms with van der Waals surface area (Å²) in [6.45, 7) is 6.44. The second kappa shape index (κ2) is 5.50. The van der Waals surface area contributed by atoms with Gasteiger partial charge in [0, 0.05) is 17.5 Å². The Morgan fingerprint density at radius 1 is 1.00 bits per heavy atom. The molecule has 1 aliphatic heterocycles. The van der Waals surface area contributed by atoms with E-state index in [1.54, 1.807) is 0 Å².